The number of nitrogens with two attached hydrogens (primary N) is 1. The van der Waals surface area contributed by atoms with Crippen molar-refractivity contribution in [1.82, 2.24) is 9.55 Å². The van der Waals surface area contributed by atoms with Crippen molar-refractivity contribution in [3.8, 4) is 0 Å². The van der Waals surface area contributed by atoms with Gasteiger partial charge in [0.15, 0.2) is 0 Å². The van der Waals surface area contributed by atoms with Crippen LogP contribution in [0, 0.1) is 28.6 Å². The van der Waals surface area contributed by atoms with E-state index in [0.717, 1.165) is 30.6 Å². The van der Waals surface area contributed by atoms with Crippen molar-refractivity contribution >= 4 is 5.70 Å². The second kappa shape index (κ2) is 6.07. The molecule has 3 heteroatoms. The Morgan fingerprint density at radius 2 is 1.93 bits per heavy atom. The molecule has 0 amide bonds. The van der Waals surface area contributed by atoms with E-state index in [1.807, 2.05) is 6.33 Å². The highest BCUT2D eigenvalue weighted by Gasteiger charge is 2.56. The first-order chi connectivity index (χ1) is 13.0. The summed E-state index contributed by atoms with van der Waals surface area (Å²) in [6.07, 6.45) is 19.3. The number of allylic oxidation sites excluding steroid dienone is 3. The lowest BCUT2D eigenvalue weighted by molar-refractivity contribution is -0.0127. The zero-order valence-electron chi connectivity index (χ0n) is 17.2. The molecular weight excluding hydrogens is 330 g/mol. The first-order valence-electron chi connectivity index (χ1n) is 11.1. The fourth-order valence-corrected chi connectivity index (χ4v) is 7.31. The molecule has 3 unspecified atom stereocenters. The highest BCUT2D eigenvalue weighted by atomic mass is 15.1. The summed E-state index contributed by atoms with van der Waals surface area (Å²) < 4.78 is 2.34. The Labute approximate surface area is 164 Å². The lowest BCUT2D eigenvalue weighted by Gasteiger charge is -2.57. The number of fused-ring (bicyclic) bond motifs is 5. The molecule has 0 bridgehead atoms. The zero-order chi connectivity index (χ0) is 18.8. The summed E-state index contributed by atoms with van der Waals surface area (Å²) in [5.41, 5.74) is 11.4. The number of hydrogen-bond donors (Lipinski definition) is 1. The minimum absolute atomic E-state index is 0.305. The Morgan fingerprint density at radius 1 is 1.11 bits per heavy atom. The molecule has 3 nitrogen and oxygen atoms in total. The molecule has 0 aromatic carbocycles. The molecule has 0 aliphatic heterocycles. The molecule has 2 N–H and O–H groups in total. The lowest BCUT2D eigenvalue weighted by Crippen LogP contribution is -2.50. The summed E-state index contributed by atoms with van der Waals surface area (Å²) in [6.45, 7) is 7.29. The van der Waals surface area contributed by atoms with Crippen molar-refractivity contribution in [3.05, 3.63) is 35.9 Å². The minimum atomic E-state index is 0.305. The summed E-state index contributed by atoms with van der Waals surface area (Å²) >= 11 is 0. The second-order valence-corrected chi connectivity index (χ2v) is 10.2. The average Bonchev–Trinajstić information content (AvgIpc) is 3.25. The van der Waals surface area contributed by atoms with E-state index in [0.29, 0.717) is 16.9 Å². The van der Waals surface area contributed by atoms with Crippen LogP contribution in [-0.4, -0.2) is 15.6 Å². The Morgan fingerprint density at radius 3 is 2.70 bits per heavy atom. The lowest BCUT2D eigenvalue weighted by atomic mass is 9.47. The van der Waals surface area contributed by atoms with E-state index >= 15 is 0 Å². The number of nitrogens with zero attached hydrogens (tertiary/aromatic N) is 2. The van der Waals surface area contributed by atoms with Gasteiger partial charge in [-0.2, -0.15) is 0 Å². The maximum Gasteiger partial charge on any atom is 0.0992 e. The van der Waals surface area contributed by atoms with Crippen molar-refractivity contribution in [1.29, 1.82) is 0 Å². The highest BCUT2D eigenvalue weighted by Crippen LogP contribution is 2.65. The molecule has 4 aliphatic carbocycles. The molecule has 2 fully saturated rings. The van der Waals surface area contributed by atoms with Gasteiger partial charge in [-0.05, 0) is 74.5 Å². The predicted molar refractivity (Wildman–Crippen MR) is 111 cm³/mol. The van der Waals surface area contributed by atoms with E-state index < -0.39 is 0 Å². The molecule has 1 aromatic rings. The second-order valence-electron chi connectivity index (χ2n) is 10.2. The standard InChI is InChI=1S/C24H35N3/c1-4-18-14-27(15-26-18)22-8-7-20-19-6-5-16-13-17(25)9-11-23(16,2)21(19)10-12-24(20,22)3/h5,8,14-15,17,19-21H,4,6-7,9-13,25H2,1-3H3/t17-,19?,20?,21?,23-,24-/m0/s1. The van der Waals surface area contributed by atoms with Crippen LogP contribution in [0.4, 0.5) is 0 Å². The summed E-state index contributed by atoms with van der Waals surface area (Å²) in [6, 6.07) is 0.392. The third-order valence-corrected chi connectivity index (χ3v) is 8.96. The number of imidazole rings is 1. The molecule has 0 saturated heterocycles. The van der Waals surface area contributed by atoms with Gasteiger partial charge >= 0.3 is 0 Å². The smallest absolute Gasteiger partial charge is 0.0992 e. The summed E-state index contributed by atoms with van der Waals surface area (Å²) in [5.74, 6) is 2.46. The van der Waals surface area contributed by atoms with Crippen LogP contribution < -0.4 is 5.73 Å². The van der Waals surface area contributed by atoms with Crippen molar-refractivity contribution in [2.24, 2.45) is 34.3 Å². The number of aryl methyl sites for hydroxylation is 1. The molecule has 0 spiro atoms. The Bertz CT molecular complexity index is 802. The van der Waals surface area contributed by atoms with Gasteiger partial charge in [-0.3, -0.25) is 0 Å². The molecule has 4 aliphatic rings. The van der Waals surface area contributed by atoms with Gasteiger partial charge in [-0.15, -0.1) is 0 Å². The fraction of sp³-hybridized carbons (Fsp3) is 0.708. The van der Waals surface area contributed by atoms with Crippen LogP contribution in [0.2, 0.25) is 0 Å². The van der Waals surface area contributed by atoms with Crippen LogP contribution in [-0.2, 0) is 6.42 Å². The first kappa shape index (κ1) is 17.7. The zero-order valence-corrected chi connectivity index (χ0v) is 17.2. The molecule has 27 heavy (non-hydrogen) atoms. The molecule has 6 atom stereocenters. The van der Waals surface area contributed by atoms with Crippen molar-refractivity contribution < 1.29 is 0 Å². The maximum atomic E-state index is 6.31. The number of aromatic nitrogens is 2. The van der Waals surface area contributed by atoms with Crippen LogP contribution in [0.25, 0.3) is 5.70 Å². The van der Waals surface area contributed by atoms with Crippen molar-refractivity contribution in [3.63, 3.8) is 0 Å². The monoisotopic (exact) mass is 365 g/mol. The van der Waals surface area contributed by atoms with E-state index in [1.165, 1.54) is 49.9 Å². The van der Waals surface area contributed by atoms with Gasteiger partial charge in [0.25, 0.3) is 0 Å². The SMILES string of the molecule is CCc1cn(C2=CCC3C4CC=C5C[C@@H](N)CC[C@]5(C)C4CC[C@]23C)cn1. The van der Waals surface area contributed by atoms with Crippen molar-refractivity contribution in [2.45, 2.75) is 78.2 Å². The van der Waals surface area contributed by atoms with Crippen LogP contribution in [0.5, 0.6) is 0 Å². The summed E-state index contributed by atoms with van der Waals surface area (Å²) in [7, 11) is 0. The normalized spacial score (nSPS) is 43.4. The molecule has 1 aromatic heterocycles. The summed E-state index contributed by atoms with van der Waals surface area (Å²) in [4.78, 5) is 4.60. The Kier molecular flexibility index (Phi) is 3.99. The van der Waals surface area contributed by atoms with E-state index in [4.69, 9.17) is 5.73 Å². The van der Waals surface area contributed by atoms with Crippen LogP contribution in [0.3, 0.4) is 0 Å². The van der Waals surface area contributed by atoms with Gasteiger partial charge in [0.05, 0.1) is 12.0 Å². The molecule has 146 valence electrons. The number of hydrogen-bond acceptors (Lipinski definition) is 2. The number of rotatable bonds is 2. The highest BCUT2D eigenvalue weighted by molar-refractivity contribution is 5.57. The van der Waals surface area contributed by atoms with Gasteiger partial charge in [-0.25, -0.2) is 4.98 Å². The summed E-state index contributed by atoms with van der Waals surface area (Å²) in [5, 5.41) is 0. The first-order valence-corrected chi connectivity index (χ1v) is 11.1. The van der Waals surface area contributed by atoms with Crippen LogP contribution in [0.1, 0.15) is 71.4 Å². The van der Waals surface area contributed by atoms with E-state index in [2.05, 4.69) is 48.7 Å². The molecular formula is C24H35N3. The third kappa shape index (κ3) is 2.46. The van der Waals surface area contributed by atoms with E-state index in [9.17, 15) is 0 Å². The average molecular weight is 366 g/mol. The van der Waals surface area contributed by atoms with Crippen molar-refractivity contribution in [2.75, 3.05) is 0 Å². The molecule has 5 rings (SSSR count). The van der Waals surface area contributed by atoms with Gasteiger partial charge in [0.2, 0.25) is 0 Å². The Hall–Kier alpha value is -1.35. The maximum absolute atomic E-state index is 6.31. The van der Waals surface area contributed by atoms with Gasteiger partial charge in [-0.1, -0.05) is 38.5 Å². The van der Waals surface area contributed by atoms with Gasteiger partial charge < -0.3 is 10.3 Å². The minimum Gasteiger partial charge on any atom is -0.327 e. The predicted octanol–water partition coefficient (Wildman–Crippen LogP) is 5.19. The van der Waals surface area contributed by atoms with Crippen LogP contribution >= 0.6 is 0 Å². The third-order valence-electron chi connectivity index (χ3n) is 8.96. The van der Waals surface area contributed by atoms with E-state index in [-0.39, 0.29) is 0 Å². The molecule has 0 radical (unpaired) electrons. The van der Waals surface area contributed by atoms with Gasteiger partial charge in [0, 0.05) is 23.4 Å². The Balaban J connectivity index is 1.45. The fourth-order valence-electron chi connectivity index (χ4n) is 7.31. The molecule has 1 heterocycles. The van der Waals surface area contributed by atoms with E-state index in [1.54, 1.807) is 5.57 Å². The molecule has 2 saturated carbocycles. The largest absolute Gasteiger partial charge is 0.327 e. The van der Waals surface area contributed by atoms with Crippen LogP contribution in [0.15, 0.2) is 30.2 Å². The topological polar surface area (TPSA) is 43.8 Å². The quantitative estimate of drug-likeness (QED) is 0.733. The van der Waals surface area contributed by atoms with Gasteiger partial charge in [0.1, 0.15) is 0 Å².